The van der Waals surface area contributed by atoms with Gasteiger partial charge in [-0.3, -0.25) is 9.59 Å². The van der Waals surface area contributed by atoms with E-state index in [1.165, 1.54) is 18.3 Å². The van der Waals surface area contributed by atoms with Crippen molar-refractivity contribution in [2.24, 2.45) is 0 Å². The molecule has 1 atom stereocenters. The van der Waals surface area contributed by atoms with Crippen LogP contribution in [-0.4, -0.2) is 30.2 Å². The first-order valence-corrected chi connectivity index (χ1v) is 8.06. The quantitative estimate of drug-likeness (QED) is 0.884. The first kappa shape index (κ1) is 16.3. The van der Waals surface area contributed by atoms with Gasteiger partial charge in [0.25, 0.3) is 5.91 Å². The van der Waals surface area contributed by atoms with Crippen molar-refractivity contribution in [3.8, 4) is 5.75 Å². The van der Waals surface area contributed by atoms with E-state index in [2.05, 4.69) is 10.3 Å². The molecule has 0 aliphatic carbocycles. The molecule has 0 unspecified atom stereocenters. The Labute approximate surface area is 139 Å². The summed E-state index contributed by atoms with van der Waals surface area (Å²) < 4.78 is 11.5. The van der Waals surface area contributed by atoms with Crippen LogP contribution in [0.3, 0.4) is 0 Å². The highest BCUT2D eigenvalue weighted by molar-refractivity contribution is 6.04. The fraction of sp³-hybridized carbons (Fsp3) is 0.333. The summed E-state index contributed by atoms with van der Waals surface area (Å²) in [5, 5.41) is 2.81. The third-order valence-corrected chi connectivity index (χ3v) is 3.88. The third kappa shape index (κ3) is 4.23. The van der Waals surface area contributed by atoms with Crippen molar-refractivity contribution in [3.63, 3.8) is 0 Å². The number of carbonyl (C=O) groups is 1. The van der Waals surface area contributed by atoms with Crippen molar-refractivity contribution < 1.29 is 14.3 Å². The number of hydrogen-bond acceptors (Lipinski definition) is 4. The molecule has 3 rings (SSSR count). The SMILES string of the molecule is O=C(Nc1ccccc1OC[C@@H]1CCCCO1)c1ccc(=O)[nH]c1. The van der Waals surface area contributed by atoms with Crippen molar-refractivity contribution >= 4 is 11.6 Å². The molecule has 6 nitrogen and oxygen atoms in total. The number of ether oxygens (including phenoxy) is 2. The molecule has 6 heteroatoms. The average Bonchev–Trinajstić information content (AvgIpc) is 2.62. The van der Waals surface area contributed by atoms with Crippen LogP contribution in [0.4, 0.5) is 5.69 Å². The summed E-state index contributed by atoms with van der Waals surface area (Å²) in [6.45, 7) is 1.24. The smallest absolute Gasteiger partial charge is 0.257 e. The van der Waals surface area contributed by atoms with Gasteiger partial charge in [-0.05, 0) is 37.5 Å². The number of pyridine rings is 1. The number of aromatic amines is 1. The molecule has 126 valence electrons. The lowest BCUT2D eigenvalue weighted by atomic mass is 10.1. The van der Waals surface area contributed by atoms with Crippen LogP contribution in [-0.2, 0) is 4.74 Å². The Bertz CT molecular complexity index is 730. The summed E-state index contributed by atoms with van der Waals surface area (Å²) in [5.74, 6) is 0.292. The van der Waals surface area contributed by atoms with E-state index in [1.807, 2.05) is 18.2 Å². The number of anilines is 1. The summed E-state index contributed by atoms with van der Waals surface area (Å²) in [6.07, 6.45) is 4.73. The van der Waals surface area contributed by atoms with E-state index >= 15 is 0 Å². The molecule has 0 radical (unpaired) electrons. The van der Waals surface area contributed by atoms with Gasteiger partial charge in [-0.25, -0.2) is 0 Å². The highest BCUT2D eigenvalue weighted by atomic mass is 16.5. The molecule has 0 spiro atoms. The van der Waals surface area contributed by atoms with Crippen LogP contribution >= 0.6 is 0 Å². The summed E-state index contributed by atoms with van der Waals surface area (Å²) in [5.41, 5.74) is 0.715. The van der Waals surface area contributed by atoms with E-state index in [4.69, 9.17) is 9.47 Å². The molecule has 1 aliphatic rings. The minimum Gasteiger partial charge on any atom is -0.489 e. The maximum Gasteiger partial charge on any atom is 0.257 e. The molecule has 0 bridgehead atoms. The fourth-order valence-corrected chi connectivity index (χ4v) is 2.56. The number of amides is 1. The lowest BCUT2D eigenvalue weighted by Crippen LogP contribution is -2.26. The molecule has 0 saturated carbocycles. The van der Waals surface area contributed by atoms with Gasteiger partial charge in [-0.15, -0.1) is 0 Å². The predicted octanol–water partition coefficient (Wildman–Crippen LogP) is 2.58. The molecular formula is C18H20N2O4. The van der Waals surface area contributed by atoms with Crippen molar-refractivity contribution in [2.45, 2.75) is 25.4 Å². The highest BCUT2D eigenvalue weighted by Gasteiger charge is 2.16. The van der Waals surface area contributed by atoms with Gasteiger partial charge in [0.2, 0.25) is 5.56 Å². The van der Waals surface area contributed by atoms with Crippen molar-refractivity contribution in [1.29, 1.82) is 0 Å². The minimum atomic E-state index is -0.309. The Morgan fingerprint density at radius 2 is 2.12 bits per heavy atom. The van der Waals surface area contributed by atoms with Gasteiger partial charge < -0.3 is 19.8 Å². The molecule has 2 N–H and O–H groups in total. The number of H-pyrrole nitrogens is 1. The standard InChI is InChI=1S/C18H20N2O4/c21-17-9-8-13(11-19-17)18(22)20-15-6-1-2-7-16(15)24-12-14-5-3-4-10-23-14/h1-2,6-9,11,14H,3-5,10,12H2,(H,19,21)(H,20,22)/t14-/m0/s1. The molecule has 1 aliphatic heterocycles. The van der Waals surface area contributed by atoms with Crippen LogP contribution in [0, 0.1) is 0 Å². The fourth-order valence-electron chi connectivity index (χ4n) is 2.56. The highest BCUT2D eigenvalue weighted by Crippen LogP contribution is 2.25. The number of carbonyl (C=O) groups excluding carboxylic acids is 1. The van der Waals surface area contributed by atoms with E-state index in [0.29, 0.717) is 23.6 Å². The Morgan fingerprint density at radius 1 is 1.25 bits per heavy atom. The zero-order valence-corrected chi connectivity index (χ0v) is 13.3. The van der Waals surface area contributed by atoms with Crippen LogP contribution < -0.4 is 15.6 Å². The summed E-state index contributed by atoms with van der Waals surface area (Å²) in [4.78, 5) is 25.8. The molecule has 24 heavy (non-hydrogen) atoms. The average molecular weight is 328 g/mol. The summed E-state index contributed by atoms with van der Waals surface area (Å²) in [6, 6.07) is 10.1. The van der Waals surface area contributed by atoms with Gasteiger partial charge in [-0.1, -0.05) is 12.1 Å². The molecule has 1 aromatic carbocycles. The second-order valence-electron chi connectivity index (χ2n) is 5.69. The number of benzene rings is 1. The van der Waals surface area contributed by atoms with Gasteiger partial charge in [0.05, 0.1) is 17.4 Å². The van der Waals surface area contributed by atoms with E-state index in [0.717, 1.165) is 25.9 Å². The van der Waals surface area contributed by atoms with Gasteiger partial charge >= 0.3 is 0 Å². The second kappa shape index (κ2) is 7.79. The molecular weight excluding hydrogens is 308 g/mol. The summed E-state index contributed by atoms with van der Waals surface area (Å²) in [7, 11) is 0. The second-order valence-corrected chi connectivity index (χ2v) is 5.69. The molecule has 1 fully saturated rings. The van der Waals surface area contributed by atoms with Crippen molar-refractivity contribution in [2.75, 3.05) is 18.5 Å². The van der Waals surface area contributed by atoms with Crippen molar-refractivity contribution in [1.82, 2.24) is 4.98 Å². The van der Waals surface area contributed by atoms with Gasteiger partial charge in [0, 0.05) is 18.9 Å². The number of nitrogens with one attached hydrogen (secondary N) is 2. The van der Waals surface area contributed by atoms with E-state index in [9.17, 15) is 9.59 Å². The normalized spacial score (nSPS) is 17.2. The third-order valence-electron chi connectivity index (χ3n) is 3.88. The maximum absolute atomic E-state index is 12.3. The Balaban J connectivity index is 1.65. The molecule has 1 saturated heterocycles. The summed E-state index contributed by atoms with van der Waals surface area (Å²) >= 11 is 0. The number of para-hydroxylation sites is 2. The van der Waals surface area contributed by atoms with E-state index in [1.54, 1.807) is 6.07 Å². The molecule has 2 aromatic rings. The van der Waals surface area contributed by atoms with Crippen LogP contribution in [0.25, 0.3) is 0 Å². The monoisotopic (exact) mass is 328 g/mol. The number of hydrogen-bond donors (Lipinski definition) is 2. The number of aromatic nitrogens is 1. The van der Waals surface area contributed by atoms with Crippen LogP contribution in [0.2, 0.25) is 0 Å². The first-order chi connectivity index (χ1) is 11.7. The van der Waals surface area contributed by atoms with E-state index in [-0.39, 0.29) is 17.6 Å². The largest absolute Gasteiger partial charge is 0.489 e. The van der Waals surface area contributed by atoms with Gasteiger partial charge in [0.1, 0.15) is 12.4 Å². The Morgan fingerprint density at radius 3 is 2.88 bits per heavy atom. The van der Waals surface area contributed by atoms with E-state index < -0.39 is 0 Å². The minimum absolute atomic E-state index is 0.0988. The first-order valence-electron chi connectivity index (χ1n) is 8.06. The molecule has 2 heterocycles. The van der Waals surface area contributed by atoms with Gasteiger partial charge in [-0.2, -0.15) is 0 Å². The van der Waals surface area contributed by atoms with Gasteiger partial charge in [0.15, 0.2) is 0 Å². The van der Waals surface area contributed by atoms with Crippen molar-refractivity contribution in [3.05, 3.63) is 58.5 Å². The molecule has 1 amide bonds. The molecule has 1 aromatic heterocycles. The topological polar surface area (TPSA) is 80.4 Å². The zero-order chi connectivity index (χ0) is 16.8. The predicted molar refractivity (Wildman–Crippen MR) is 90.5 cm³/mol. The Kier molecular flexibility index (Phi) is 5.28. The lowest BCUT2D eigenvalue weighted by Gasteiger charge is -2.23. The lowest BCUT2D eigenvalue weighted by molar-refractivity contribution is -0.0109. The number of rotatable bonds is 5. The maximum atomic E-state index is 12.3. The van der Waals surface area contributed by atoms with Crippen LogP contribution in [0.5, 0.6) is 5.75 Å². The van der Waals surface area contributed by atoms with Crippen LogP contribution in [0.15, 0.2) is 47.4 Å². The van der Waals surface area contributed by atoms with Crippen LogP contribution in [0.1, 0.15) is 29.6 Å². The zero-order valence-electron chi connectivity index (χ0n) is 13.3. The Hall–Kier alpha value is -2.60.